The lowest BCUT2D eigenvalue weighted by Crippen LogP contribution is -2.25. The lowest BCUT2D eigenvalue weighted by Gasteiger charge is -2.19. The third-order valence-electron chi connectivity index (χ3n) is 3.36. The molecule has 1 aromatic heterocycles. The van der Waals surface area contributed by atoms with Crippen LogP contribution in [0.5, 0.6) is 0 Å². The van der Waals surface area contributed by atoms with E-state index in [-0.39, 0.29) is 6.54 Å². The predicted octanol–water partition coefficient (Wildman–Crippen LogP) is 2.71. The number of aliphatic carboxylic acids is 1. The number of thiazole rings is 1. The predicted molar refractivity (Wildman–Crippen MR) is 71.9 cm³/mol. The molecule has 2 rings (SSSR count). The summed E-state index contributed by atoms with van der Waals surface area (Å²) >= 11 is 1.73. The molecule has 1 saturated carbocycles. The quantitative estimate of drug-likeness (QED) is 0.892. The van der Waals surface area contributed by atoms with Crippen molar-refractivity contribution in [1.29, 1.82) is 0 Å². The summed E-state index contributed by atoms with van der Waals surface area (Å²) in [4.78, 5) is 17.0. The summed E-state index contributed by atoms with van der Waals surface area (Å²) in [7, 11) is 1.81. The van der Waals surface area contributed by atoms with Crippen LogP contribution in [0.2, 0.25) is 0 Å². The maximum Gasteiger partial charge on any atom is 0.317 e. The highest BCUT2D eigenvalue weighted by molar-refractivity contribution is 7.09. The number of rotatable bonds is 5. The van der Waals surface area contributed by atoms with E-state index in [9.17, 15) is 4.79 Å². The topological polar surface area (TPSA) is 53.4 Å². The molecule has 5 heteroatoms. The first-order valence-electron chi connectivity index (χ1n) is 6.50. The highest BCUT2D eigenvalue weighted by Crippen LogP contribution is 2.34. The highest BCUT2D eigenvalue weighted by atomic mass is 32.1. The second-order valence-electron chi connectivity index (χ2n) is 5.08. The number of carboxylic acid groups (broad SMARTS) is 1. The first-order valence-corrected chi connectivity index (χ1v) is 7.38. The fourth-order valence-electron chi connectivity index (χ4n) is 2.50. The summed E-state index contributed by atoms with van der Waals surface area (Å²) in [6.45, 7) is 0.686. The van der Waals surface area contributed by atoms with Gasteiger partial charge in [-0.05, 0) is 19.9 Å². The number of hydrogen-bond acceptors (Lipinski definition) is 4. The summed E-state index contributed by atoms with van der Waals surface area (Å²) in [5, 5.41) is 12.0. The molecule has 0 aliphatic heterocycles. The molecule has 4 nitrogen and oxygen atoms in total. The normalized spacial score (nSPS) is 17.2. The van der Waals surface area contributed by atoms with Crippen LogP contribution in [0.1, 0.15) is 48.7 Å². The Hall–Kier alpha value is -0.940. The van der Waals surface area contributed by atoms with Gasteiger partial charge in [-0.25, -0.2) is 4.98 Å². The molecule has 0 unspecified atom stereocenters. The summed E-state index contributed by atoms with van der Waals surface area (Å²) in [5.74, 6) is -0.150. The molecule has 0 spiro atoms. The van der Waals surface area contributed by atoms with Crippen LogP contribution in [0, 0.1) is 0 Å². The van der Waals surface area contributed by atoms with Gasteiger partial charge in [-0.1, -0.05) is 19.3 Å². The number of likely N-dealkylation sites (N-methyl/N-ethyl adjacent to an activating group) is 1. The van der Waals surface area contributed by atoms with Gasteiger partial charge in [-0.15, -0.1) is 11.3 Å². The second kappa shape index (κ2) is 6.29. The van der Waals surface area contributed by atoms with Gasteiger partial charge >= 0.3 is 5.97 Å². The smallest absolute Gasteiger partial charge is 0.317 e. The van der Waals surface area contributed by atoms with Gasteiger partial charge in [0.25, 0.3) is 0 Å². The summed E-state index contributed by atoms with van der Waals surface area (Å²) in [5.41, 5.74) is 1.00. The van der Waals surface area contributed by atoms with Gasteiger partial charge in [-0.2, -0.15) is 0 Å². The number of aromatic nitrogens is 1. The number of carbonyl (C=O) groups is 1. The van der Waals surface area contributed by atoms with Crippen LogP contribution in [-0.4, -0.2) is 34.6 Å². The molecule has 0 saturated heterocycles. The van der Waals surface area contributed by atoms with Crippen LogP contribution in [0.25, 0.3) is 0 Å². The van der Waals surface area contributed by atoms with Gasteiger partial charge in [0.2, 0.25) is 0 Å². The first kappa shape index (κ1) is 13.5. The Morgan fingerprint density at radius 3 is 2.89 bits per heavy atom. The third kappa shape index (κ3) is 3.78. The van der Waals surface area contributed by atoms with Gasteiger partial charge in [0, 0.05) is 17.8 Å². The molecule has 1 aliphatic rings. The van der Waals surface area contributed by atoms with Crippen LogP contribution in [0.4, 0.5) is 0 Å². The van der Waals surface area contributed by atoms with Crippen LogP contribution >= 0.6 is 11.3 Å². The largest absolute Gasteiger partial charge is 0.480 e. The zero-order valence-corrected chi connectivity index (χ0v) is 11.6. The van der Waals surface area contributed by atoms with E-state index in [4.69, 9.17) is 5.11 Å². The lowest BCUT2D eigenvalue weighted by atomic mass is 9.90. The van der Waals surface area contributed by atoms with Crippen LogP contribution in [-0.2, 0) is 11.3 Å². The average Bonchev–Trinajstić information content (AvgIpc) is 2.77. The number of nitrogens with zero attached hydrogens (tertiary/aromatic N) is 2. The molecule has 0 aromatic carbocycles. The van der Waals surface area contributed by atoms with E-state index in [0.717, 1.165) is 5.69 Å². The van der Waals surface area contributed by atoms with Gasteiger partial charge in [0.15, 0.2) is 0 Å². The number of hydrogen-bond donors (Lipinski definition) is 1. The molecular weight excluding hydrogens is 248 g/mol. The summed E-state index contributed by atoms with van der Waals surface area (Å²) in [6, 6.07) is 0. The van der Waals surface area contributed by atoms with Gasteiger partial charge in [0.05, 0.1) is 17.2 Å². The molecule has 0 atom stereocenters. The third-order valence-corrected chi connectivity index (χ3v) is 4.42. The Morgan fingerprint density at radius 1 is 1.50 bits per heavy atom. The van der Waals surface area contributed by atoms with E-state index in [1.807, 2.05) is 7.05 Å². The molecule has 100 valence electrons. The standard InChI is InChI=1S/C13H20N2O2S/c1-15(8-12(16)17)7-11-9-18-13(14-11)10-5-3-2-4-6-10/h9-10H,2-8H2,1H3,(H,16,17). The molecule has 0 bridgehead atoms. The summed E-state index contributed by atoms with van der Waals surface area (Å²) in [6.07, 6.45) is 6.52. The van der Waals surface area contributed by atoms with Crippen molar-refractivity contribution >= 4 is 17.3 Å². The molecule has 1 heterocycles. The SMILES string of the molecule is CN(CC(=O)O)Cc1csc(C2CCCCC2)n1. The zero-order valence-electron chi connectivity index (χ0n) is 10.8. The van der Waals surface area contributed by atoms with Crippen LogP contribution in [0.3, 0.4) is 0 Å². The maximum atomic E-state index is 10.6. The van der Waals surface area contributed by atoms with E-state index in [1.165, 1.54) is 37.1 Å². The second-order valence-corrected chi connectivity index (χ2v) is 5.97. The van der Waals surface area contributed by atoms with Crippen molar-refractivity contribution in [2.45, 2.75) is 44.6 Å². The molecular formula is C13H20N2O2S. The molecule has 0 radical (unpaired) electrons. The Balaban J connectivity index is 1.91. The molecule has 1 aromatic rings. The molecule has 18 heavy (non-hydrogen) atoms. The van der Waals surface area contributed by atoms with Crippen LogP contribution in [0.15, 0.2) is 5.38 Å². The Bertz CT molecular complexity index is 399. The highest BCUT2D eigenvalue weighted by Gasteiger charge is 2.19. The Labute approximate surface area is 112 Å². The van der Waals surface area contributed by atoms with Crippen molar-refractivity contribution in [3.8, 4) is 0 Å². The molecule has 0 amide bonds. The molecule has 1 fully saturated rings. The van der Waals surface area contributed by atoms with Crippen molar-refractivity contribution in [2.75, 3.05) is 13.6 Å². The fraction of sp³-hybridized carbons (Fsp3) is 0.692. The fourth-order valence-corrected chi connectivity index (χ4v) is 3.48. The minimum Gasteiger partial charge on any atom is -0.480 e. The van der Waals surface area contributed by atoms with Crippen molar-refractivity contribution in [1.82, 2.24) is 9.88 Å². The molecule has 1 aliphatic carbocycles. The van der Waals surface area contributed by atoms with E-state index in [1.54, 1.807) is 16.2 Å². The lowest BCUT2D eigenvalue weighted by molar-refractivity contribution is -0.138. The minimum atomic E-state index is -0.791. The van der Waals surface area contributed by atoms with Crippen molar-refractivity contribution in [3.05, 3.63) is 16.1 Å². The van der Waals surface area contributed by atoms with Crippen molar-refractivity contribution in [2.24, 2.45) is 0 Å². The van der Waals surface area contributed by atoms with Gasteiger partial charge < -0.3 is 5.11 Å². The van der Waals surface area contributed by atoms with E-state index >= 15 is 0 Å². The van der Waals surface area contributed by atoms with Crippen molar-refractivity contribution < 1.29 is 9.90 Å². The first-order chi connectivity index (χ1) is 8.65. The molecule has 1 N–H and O–H groups in total. The Kier molecular flexibility index (Phi) is 4.72. The van der Waals surface area contributed by atoms with E-state index < -0.39 is 5.97 Å². The number of carboxylic acids is 1. The monoisotopic (exact) mass is 268 g/mol. The van der Waals surface area contributed by atoms with Crippen LogP contribution < -0.4 is 0 Å². The average molecular weight is 268 g/mol. The zero-order chi connectivity index (χ0) is 13.0. The van der Waals surface area contributed by atoms with Gasteiger partial charge in [0.1, 0.15) is 0 Å². The van der Waals surface area contributed by atoms with E-state index in [0.29, 0.717) is 12.5 Å². The van der Waals surface area contributed by atoms with E-state index in [2.05, 4.69) is 10.4 Å². The summed E-state index contributed by atoms with van der Waals surface area (Å²) < 4.78 is 0. The Morgan fingerprint density at radius 2 is 2.22 bits per heavy atom. The van der Waals surface area contributed by atoms with Gasteiger partial charge in [-0.3, -0.25) is 9.69 Å². The van der Waals surface area contributed by atoms with Crippen molar-refractivity contribution in [3.63, 3.8) is 0 Å². The maximum absolute atomic E-state index is 10.6. The minimum absolute atomic E-state index is 0.0658.